The summed E-state index contributed by atoms with van der Waals surface area (Å²) >= 11 is 0. The van der Waals surface area contributed by atoms with Crippen LogP contribution in [0.15, 0.2) is 5.10 Å². The molecule has 5 heavy (non-hydrogen) atoms. The highest BCUT2D eigenvalue weighted by Gasteiger charge is 1.87. The van der Waals surface area contributed by atoms with Crippen molar-refractivity contribution in [2.24, 2.45) is 5.10 Å². The van der Waals surface area contributed by atoms with E-state index in [1.165, 1.54) is 21.8 Å². The quantitative estimate of drug-likeness (QED) is 0.362. The van der Waals surface area contributed by atoms with Crippen molar-refractivity contribution < 1.29 is 0 Å². The van der Waals surface area contributed by atoms with Gasteiger partial charge in [0.15, 0.2) is 5.55 Å². The summed E-state index contributed by atoms with van der Waals surface area (Å²) in [6, 6.07) is 0. The average Bonchev–Trinajstić information content (AvgIpc) is 1.76. The Morgan fingerprint density at radius 2 is 2.80 bits per heavy atom. The molecule has 1 aliphatic rings. The first-order chi connectivity index (χ1) is 2.50. The van der Waals surface area contributed by atoms with Crippen LogP contribution < -0.4 is 4.83 Å². The fraction of sp³-hybridized carbons (Fsp3) is 0. The molecule has 0 saturated heterocycles. The maximum absolute atomic E-state index is 3.51. The van der Waals surface area contributed by atoms with Crippen molar-refractivity contribution >= 4 is 27.3 Å². The molecule has 0 aromatic rings. The predicted molar refractivity (Wildman–Crippen MR) is 25.8 cm³/mol. The molecule has 0 saturated carbocycles. The van der Waals surface area contributed by atoms with Crippen LogP contribution in [0.3, 0.4) is 0 Å². The molecule has 2 nitrogen and oxygen atoms in total. The number of hydrazone groups is 1. The fourth-order valence-electron chi connectivity index (χ4n) is 0.0932. The Morgan fingerprint density at radius 1 is 1.80 bits per heavy atom. The monoisotopic (exact) mass is 105 g/mol. The molecule has 0 aromatic heterocycles. The third-order valence-corrected chi connectivity index (χ3v) is 1.32. The van der Waals surface area contributed by atoms with Gasteiger partial charge in [-0.15, -0.1) is 0 Å². The van der Waals surface area contributed by atoms with Crippen molar-refractivity contribution in [2.75, 3.05) is 0 Å². The number of rotatable bonds is 0. The van der Waals surface area contributed by atoms with E-state index in [9.17, 15) is 0 Å². The first-order valence-corrected chi connectivity index (χ1v) is 3.17. The molecule has 0 amide bonds. The zero-order chi connectivity index (χ0) is 3.54. The Morgan fingerprint density at radius 3 is 3.00 bits per heavy atom. The second-order valence-electron chi connectivity index (χ2n) is 0.461. The van der Waals surface area contributed by atoms with Crippen LogP contribution in [-0.4, -0.2) is 5.55 Å². The zero-order valence-electron chi connectivity index (χ0n) is 2.26. The van der Waals surface area contributed by atoms with Gasteiger partial charge in [-0.2, -0.15) is 5.10 Å². The number of nitrogens with one attached hydrogen (secondary N) is 1. The number of nitrogens with zero attached hydrogens (tertiary/aromatic N) is 1. The lowest BCUT2D eigenvalue weighted by Crippen LogP contribution is -1.76. The highest BCUT2D eigenvalue weighted by molar-refractivity contribution is 8.81. The van der Waals surface area contributed by atoms with Crippen molar-refractivity contribution in [2.45, 2.75) is 0 Å². The van der Waals surface area contributed by atoms with Gasteiger partial charge < -0.3 is 0 Å². The highest BCUT2D eigenvalue weighted by atomic mass is 33.1. The Hall–Kier alpha value is 0.170. The molecule has 0 spiro atoms. The van der Waals surface area contributed by atoms with Crippen LogP contribution in [-0.2, 0) is 0 Å². The summed E-state index contributed by atoms with van der Waals surface area (Å²) in [6.45, 7) is 0. The summed E-state index contributed by atoms with van der Waals surface area (Å²) < 4.78 is 0. The van der Waals surface area contributed by atoms with E-state index in [2.05, 4.69) is 15.5 Å². The summed E-state index contributed by atoms with van der Waals surface area (Å²) in [5, 5.41) is 3.51. The van der Waals surface area contributed by atoms with Crippen molar-refractivity contribution in [1.82, 2.24) is 4.83 Å². The predicted octanol–water partition coefficient (Wildman–Crippen LogP) is 0.706. The van der Waals surface area contributed by atoms with Crippen molar-refractivity contribution in [3.05, 3.63) is 0 Å². The molecule has 0 bridgehead atoms. The SMILES string of the molecule is [C]1=NNSS1. The first kappa shape index (κ1) is 3.36. The van der Waals surface area contributed by atoms with Crippen molar-refractivity contribution in [3.8, 4) is 0 Å². The van der Waals surface area contributed by atoms with Gasteiger partial charge >= 0.3 is 0 Å². The lowest BCUT2D eigenvalue weighted by atomic mass is 11.7. The van der Waals surface area contributed by atoms with Gasteiger partial charge in [-0.3, -0.25) is 0 Å². The third-order valence-electron chi connectivity index (χ3n) is 0.207. The lowest BCUT2D eigenvalue weighted by Gasteiger charge is -1.72. The van der Waals surface area contributed by atoms with Gasteiger partial charge in [-0.25, -0.2) is 4.83 Å². The third kappa shape index (κ3) is 0.735. The minimum absolute atomic E-state index is 1.46. The van der Waals surface area contributed by atoms with Crippen molar-refractivity contribution in [3.63, 3.8) is 0 Å². The minimum atomic E-state index is 1.46. The van der Waals surface area contributed by atoms with E-state index in [-0.39, 0.29) is 0 Å². The summed E-state index contributed by atoms with van der Waals surface area (Å²) in [5.41, 5.74) is 2.62. The molecule has 1 N–H and O–H groups in total. The molecule has 1 heterocycles. The lowest BCUT2D eigenvalue weighted by molar-refractivity contribution is 1.15. The zero-order valence-corrected chi connectivity index (χ0v) is 3.90. The molecule has 1 aliphatic heterocycles. The molecule has 27 valence electrons. The Labute approximate surface area is 37.9 Å². The van der Waals surface area contributed by atoms with Crippen LogP contribution in [0.1, 0.15) is 0 Å². The van der Waals surface area contributed by atoms with Crippen LogP contribution in [0.4, 0.5) is 0 Å². The van der Waals surface area contributed by atoms with Crippen LogP contribution in [0, 0.1) is 0 Å². The summed E-state index contributed by atoms with van der Waals surface area (Å²) in [4.78, 5) is 2.62. The van der Waals surface area contributed by atoms with Crippen molar-refractivity contribution in [1.29, 1.82) is 0 Å². The molecule has 0 unspecified atom stereocenters. The van der Waals surface area contributed by atoms with Gasteiger partial charge in [0.2, 0.25) is 0 Å². The first-order valence-electron chi connectivity index (χ1n) is 1.02. The molecule has 4 heteroatoms. The molecule has 1 rings (SSSR count). The van der Waals surface area contributed by atoms with Gasteiger partial charge in [0.1, 0.15) is 0 Å². The smallest absolute Gasteiger partial charge is 0.164 e. The maximum atomic E-state index is 3.51. The van der Waals surface area contributed by atoms with E-state index in [4.69, 9.17) is 0 Å². The summed E-state index contributed by atoms with van der Waals surface area (Å²) in [7, 11) is 2.93. The molecule has 0 atom stereocenters. The van der Waals surface area contributed by atoms with Gasteiger partial charge in [0, 0.05) is 11.0 Å². The minimum Gasteiger partial charge on any atom is -0.240 e. The molecular formula is CHN2S2. The Bertz CT molecular complexity index is 45.6. The van der Waals surface area contributed by atoms with E-state index in [1.807, 2.05) is 0 Å². The Balaban J connectivity index is 2.32. The van der Waals surface area contributed by atoms with Gasteiger partial charge in [0.25, 0.3) is 0 Å². The summed E-state index contributed by atoms with van der Waals surface area (Å²) in [6.07, 6.45) is 0. The van der Waals surface area contributed by atoms with E-state index in [0.29, 0.717) is 0 Å². The second kappa shape index (κ2) is 1.57. The highest BCUT2D eigenvalue weighted by Crippen LogP contribution is 2.17. The topological polar surface area (TPSA) is 24.4 Å². The van der Waals surface area contributed by atoms with Crippen LogP contribution in [0.5, 0.6) is 0 Å². The Kier molecular flexibility index (Phi) is 1.05. The molecule has 1 radical (unpaired) electrons. The second-order valence-corrected chi connectivity index (χ2v) is 2.16. The van der Waals surface area contributed by atoms with Crippen LogP contribution in [0.2, 0.25) is 0 Å². The number of hydrogen-bond donors (Lipinski definition) is 1. The van der Waals surface area contributed by atoms with Gasteiger partial charge in [-0.05, 0) is 10.8 Å². The average molecular weight is 105 g/mol. The summed E-state index contributed by atoms with van der Waals surface area (Å²) in [5.74, 6) is 0. The fourth-order valence-corrected chi connectivity index (χ4v) is 0.839. The van der Waals surface area contributed by atoms with Gasteiger partial charge in [0.05, 0.1) is 0 Å². The van der Waals surface area contributed by atoms with Crippen LogP contribution in [0.25, 0.3) is 0 Å². The maximum Gasteiger partial charge on any atom is 0.164 e. The normalized spacial score (nSPS) is 19.2. The molecule has 0 aromatic carbocycles. The standard InChI is InChI=1S/CHN2S2/c1-2-3-5-4-1/h3H. The van der Waals surface area contributed by atoms with E-state index < -0.39 is 0 Å². The molecule has 0 fully saturated rings. The molecular weight excluding hydrogens is 104 g/mol. The van der Waals surface area contributed by atoms with Crippen LogP contribution >= 0.6 is 21.8 Å². The van der Waals surface area contributed by atoms with E-state index in [1.54, 1.807) is 0 Å². The van der Waals surface area contributed by atoms with E-state index >= 15 is 0 Å². The number of hydrogen-bond acceptors (Lipinski definition) is 4. The van der Waals surface area contributed by atoms with Gasteiger partial charge in [-0.1, -0.05) is 0 Å². The molecule has 0 aliphatic carbocycles. The van der Waals surface area contributed by atoms with E-state index in [0.717, 1.165) is 0 Å². The largest absolute Gasteiger partial charge is 0.240 e.